The Morgan fingerprint density at radius 3 is 2.33 bits per heavy atom. The van der Waals surface area contributed by atoms with Crippen molar-refractivity contribution in [2.24, 2.45) is 0 Å². The first kappa shape index (κ1) is 22.6. The first-order valence-corrected chi connectivity index (χ1v) is 11.1. The standard InChI is InChI=1S/C27H29NO5/c1-18-19(2)26-24(20(3)25(18)31-16-21-8-6-5-7-9-21)14-15-27(4,33-26)17-32-23-12-10-22(11-13-23)28(29)30/h5-13H,14-17H2,1-4H3/t27-/m0/s1. The fourth-order valence-corrected chi connectivity index (χ4v) is 4.23. The van der Waals surface area contributed by atoms with Gasteiger partial charge in [0.15, 0.2) is 0 Å². The summed E-state index contributed by atoms with van der Waals surface area (Å²) in [5.74, 6) is 2.44. The van der Waals surface area contributed by atoms with E-state index >= 15 is 0 Å². The van der Waals surface area contributed by atoms with Gasteiger partial charge in [0.25, 0.3) is 5.69 Å². The van der Waals surface area contributed by atoms with Gasteiger partial charge in [0.05, 0.1) is 4.92 Å². The number of fused-ring (bicyclic) bond motifs is 1. The highest BCUT2D eigenvalue weighted by molar-refractivity contribution is 5.59. The number of nitro groups is 1. The minimum Gasteiger partial charge on any atom is -0.489 e. The molecule has 0 bridgehead atoms. The van der Waals surface area contributed by atoms with Crippen LogP contribution in [-0.4, -0.2) is 17.1 Å². The highest BCUT2D eigenvalue weighted by Crippen LogP contribution is 2.44. The lowest BCUT2D eigenvalue weighted by molar-refractivity contribution is -0.384. The van der Waals surface area contributed by atoms with Crippen LogP contribution in [0.4, 0.5) is 5.69 Å². The molecule has 0 unspecified atom stereocenters. The van der Waals surface area contributed by atoms with E-state index in [0.717, 1.165) is 46.6 Å². The molecule has 33 heavy (non-hydrogen) atoms. The van der Waals surface area contributed by atoms with E-state index in [1.54, 1.807) is 12.1 Å². The van der Waals surface area contributed by atoms with Gasteiger partial charge in [0, 0.05) is 17.7 Å². The summed E-state index contributed by atoms with van der Waals surface area (Å²) in [6.07, 6.45) is 1.67. The largest absolute Gasteiger partial charge is 0.489 e. The molecule has 0 amide bonds. The van der Waals surface area contributed by atoms with Crippen LogP contribution < -0.4 is 14.2 Å². The molecule has 1 aliphatic rings. The summed E-state index contributed by atoms with van der Waals surface area (Å²) in [5.41, 5.74) is 5.17. The molecule has 4 rings (SSSR count). The van der Waals surface area contributed by atoms with Crippen LogP contribution in [0.2, 0.25) is 0 Å². The fraction of sp³-hybridized carbons (Fsp3) is 0.333. The average Bonchev–Trinajstić information content (AvgIpc) is 2.82. The summed E-state index contributed by atoms with van der Waals surface area (Å²) in [6.45, 7) is 9.18. The molecule has 0 fully saturated rings. The minimum atomic E-state index is -0.495. The van der Waals surface area contributed by atoms with E-state index in [-0.39, 0.29) is 5.69 Å². The van der Waals surface area contributed by atoms with Crippen LogP contribution in [0.15, 0.2) is 54.6 Å². The lowest BCUT2D eigenvalue weighted by atomic mass is 9.87. The van der Waals surface area contributed by atoms with Gasteiger partial charge in [-0.3, -0.25) is 10.1 Å². The van der Waals surface area contributed by atoms with Crippen molar-refractivity contribution in [1.82, 2.24) is 0 Å². The molecule has 3 aromatic rings. The van der Waals surface area contributed by atoms with E-state index in [4.69, 9.17) is 14.2 Å². The number of hydrogen-bond donors (Lipinski definition) is 0. The van der Waals surface area contributed by atoms with E-state index in [2.05, 4.69) is 32.9 Å². The Kier molecular flexibility index (Phi) is 6.27. The molecular formula is C27H29NO5. The molecule has 0 saturated carbocycles. The van der Waals surface area contributed by atoms with Crippen LogP contribution in [0.1, 0.15) is 41.2 Å². The Morgan fingerprint density at radius 1 is 0.970 bits per heavy atom. The zero-order valence-electron chi connectivity index (χ0n) is 19.5. The second-order valence-electron chi connectivity index (χ2n) is 8.88. The van der Waals surface area contributed by atoms with Crippen molar-refractivity contribution >= 4 is 5.69 Å². The van der Waals surface area contributed by atoms with E-state index in [0.29, 0.717) is 19.0 Å². The topological polar surface area (TPSA) is 70.8 Å². The van der Waals surface area contributed by atoms with E-state index in [9.17, 15) is 10.1 Å². The summed E-state index contributed by atoms with van der Waals surface area (Å²) in [4.78, 5) is 10.4. The predicted molar refractivity (Wildman–Crippen MR) is 127 cm³/mol. The third-order valence-electron chi connectivity index (χ3n) is 6.38. The van der Waals surface area contributed by atoms with Crippen molar-refractivity contribution < 1.29 is 19.1 Å². The number of nitrogens with zero attached hydrogens (tertiary/aromatic N) is 1. The molecule has 1 aliphatic heterocycles. The number of nitro benzene ring substituents is 1. The van der Waals surface area contributed by atoms with Gasteiger partial charge < -0.3 is 14.2 Å². The van der Waals surface area contributed by atoms with E-state index < -0.39 is 10.5 Å². The van der Waals surface area contributed by atoms with Crippen molar-refractivity contribution in [3.8, 4) is 17.2 Å². The van der Waals surface area contributed by atoms with Crippen molar-refractivity contribution in [3.63, 3.8) is 0 Å². The van der Waals surface area contributed by atoms with Crippen LogP contribution in [0.3, 0.4) is 0 Å². The molecule has 1 heterocycles. The minimum absolute atomic E-state index is 0.0447. The highest BCUT2D eigenvalue weighted by Gasteiger charge is 2.35. The summed E-state index contributed by atoms with van der Waals surface area (Å²) >= 11 is 0. The van der Waals surface area contributed by atoms with Crippen LogP contribution in [0, 0.1) is 30.9 Å². The number of ether oxygens (including phenoxy) is 3. The third-order valence-corrected chi connectivity index (χ3v) is 6.38. The van der Waals surface area contributed by atoms with Gasteiger partial charge in [0.1, 0.15) is 36.1 Å². The summed E-state index contributed by atoms with van der Waals surface area (Å²) in [5, 5.41) is 10.8. The molecule has 6 nitrogen and oxygen atoms in total. The first-order valence-electron chi connectivity index (χ1n) is 11.1. The Hall–Kier alpha value is -3.54. The van der Waals surface area contributed by atoms with Gasteiger partial charge in [-0.1, -0.05) is 30.3 Å². The van der Waals surface area contributed by atoms with Crippen LogP contribution >= 0.6 is 0 Å². The SMILES string of the molecule is Cc1c(C)c2c(c(C)c1OCc1ccccc1)CC[C@@](C)(COc1ccc([N+](=O)[O-])cc1)O2. The van der Waals surface area contributed by atoms with Gasteiger partial charge in [-0.25, -0.2) is 0 Å². The Labute approximate surface area is 194 Å². The number of benzene rings is 3. The first-order chi connectivity index (χ1) is 15.8. The van der Waals surface area contributed by atoms with Crippen LogP contribution in [-0.2, 0) is 13.0 Å². The van der Waals surface area contributed by atoms with E-state index in [1.807, 2.05) is 25.1 Å². The smallest absolute Gasteiger partial charge is 0.269 e. The number of hydrogen-bond acceptors (Lipinski definition) is 5. The third kappa shape index (κ3) is 4.80. The fourth-order valence-electron chi connectivity index (χ4n) is 4.23. The highest BCUT2D eigenvalue weighted by atomic mass is 16.6. The average molecular weight is 448 g/mol. The Morgan fingerprint density at radius 2 is 1.67 bits per heavy atom. The molecular weight excluding hydrogens is 418 g/mol. The molecule has 3 aromatic carbocycles. The van der Waals surface area contributed by atoms with Gasteiger partial charge in [-0.05, 0) is 74.9 Å². The van der Waals surface area contributed by atoms with Gasteiger partial charge in [-0.2, -0.15) is 0 Å². The summed E-state index contributed by atoms with van der Waals surface area (Å²) < 4.78 is 18.7. The maximum Gasteiger partial charge on any atom is 0.269 e. The maximum absolute atomic E-state index is 10.8. The van der Waals surface area contributed by atoms with Crippen LogP contribution in [0.25, 0.3) is 0 Å². The molecule has 0 saturated heterocycles. The lowest BCUT2D eigenvalue weighted by Crippen LogP contribution is -2.42. The molecule has 0 N–H and O–H groups in total. The van der Waals surface area contributed by atoms with Crippen molar-refractivity contribution in [3.05, 3.63) is 92.5 Å². The van der Waals surface area contributed by atoms with Gasteiger partial charge >= 0.3 is 0 Å². The second kappa shape index (κ2) is 9.14. The van der Waals surface area contributed by atoms with Crippen molar-refractivity contribution in [2.45, 2.75) is 52.7 Å². The van der Waals surface area contributed by atoms with Gasteiger partial charge in [0.2, 0.25) is 0 Å². The second-order valence-corrected chi connectivity index (χ2v) is 8.88. The molecule has 172 valence electrons. The van der Waals surface area contributed by atoms with E-state index in [1.165, 1.54) is 17.7 Å². The van der Waals surface area contributed by atoms with Gasteiger partial charge in [-0.15, -0.1) is 0 Å². The van der Waals surface area contributed by atoms with Crippen LogP contribution in [0.5, 0.6) is 17.2 Å². The molecule has 0 aromatic heterocycles. The quantitative estimate of drug-likeness (QED) is 0.316. The zero-order chi connectivity index (χ0) is 23.6. The lowest BCUT2D eigenvalue weighted by Gasteiger charge is -2.38. The molecule has 0 radical (unpaired) electrons. The van der Waals surface area contributed by atoms with Crippen molar-refractivity contribution in [1.29, 1.82) is 0 Å². The molecule has 1 atom stereocenters. The molecule has 0 spiro atoms. The zero-order valence-corrected chi connectivity index (χ0v) is 19.5. The van der Waals surface area contributed by atoms with Crippen molar-refractivity contribution in [2.75, 3.05) is 6.61 Å². The number of rotatable bonds is 7. The monoisotopic (exact) mass is 447 g/mol. The molecule has 6 heteroatoms. The normalized spacial score (nSPS) is 17.1. The summed E-state index contributed by atoms with van der Waals surface area (Å²) in [7, 11) is 0. The number of non-ortho nitro benzene ring substituents is 1. The molecule has 0 aliphatic carbocycles. The summed E-state index contributed by atoms with van der Waals surface area (Å²) in [6, 6.07) is 16.3. The Bertz CT molecular complexity index is 1160. The predicted octanol–water partition coefficient (Wildman–Crippen LogP) is 6.26. The maximum atomic E-state index is 10.8. The Balaban J connectivity index is 1.50.